The first-order valence-corrected chi connectivity index (χ1v) is 12.2. The Hall–Kier alpha value is -3.31. The molecule has 5 heteroatoms. The average molecular weight is 458 g/mol. The maximum atomic E-state index is 13.7. The standard InChI is InChI=1S/C29H31NO4/c1-3-33-29(32)25-19(2)34-28-23-12-8-7-11-22(23)27(31)24(26(25)28)18-30-15-13-21(14-16-30)17-20-9-5-4-6-10-20/h4-12,21,31H,3,13-18H2,1-2H3. The Bertz CT molecular complexity index is 1320. The maximum Gasteiger partial charge on any atom is 0.342 e. The van der Waals surface area contributed by atoms with Crippen LogP contribution >= 0.6 is 0 Å². The van der Waals surface area contributed by atoms with Crippen LogP contribution in [-0.2, 0) is 17.7 Å². The Labute approximate surface area is 199 Å². The maximum absolute atomic E-state index is 13.7. The molecule has 0 bridgehead atoms. The van der Waals surface area contributed by atoms with Gasteiger partial charge in [0.25, 0.3) is 0 Å². The number of piperidine rings is 1. The molecule has 5 nitrogen and oxygen atoms in total. The Kier molecular flexibility index (Phi) is 6.29. The summed E-state index contributed by atoms with van der Waals surface area (Å²) in [5, 5.41) is 15.7. The topological polar surface area (TPSA) is 66.9 Å². The molecule has 3 aromatic carbocycles. The molecule has 2 heterocycles. The molecule has 0 saturated carbocycles. The third kappa shape index (κ3) is 4.16. The summed E-state index contributed by atoms with van der Waals surface area (Å²) in [5.74, 6) is 0.738. The van der Waals surface area contributed by atoms with E-state index in [0.29, 0.717) is 45.7 Å². The van der Waals surface area contributed by atoms with Gasteiger partial charge in [-0.05, 0) is 50.0 Å². The molecule has 1 aromatic heterocycles. The first-order chi connectivity index (χ1) is 16.6. The second kappa shape index (κ2) is 9.51. The summed E-state index contributed by atoms with van der Waals surface area (Å²) in [6, 6.07) is 18.2. The number of nitrogens with one attached hydrogen (secondary N) is 1. The number of benzene rings is 3. The zero-order chi connectivity index (χ0) is 23.7. The molecule has 176 valence electrons. The van der Waals surface area contributed by atoms with Gasteiger partial charge in [0.2, 0.25) is 0 Å². The SMILES string of the molecule is CCOC(=O)c1c(C)oc2c1c(C[NH+]1CCC(Cc3ccccc3)CC1)c([O-])c1ccccc12. The van der Waals surface area contributed by atoms with E-state index in [9.17, 15) is 9.90 Å². The third-order valence-electron chi connectivity index (χ3n) is 7.16. The molecule has 4 aromatic rings. The summed E-state index contributed by atoms with van der Waals surface area (Å²) < 4.78 is 11.4. The smallest absolute Gasteiger partial charge is 0.342 e. The number of hydrogen-bond donors (Lipinski definition) is 1. The lowest BCUT2D eigenvalue weighted by atomic mass is 9.89. The Morgan fingerprint density at radius 3 is 2.44 bits per heavy atom. The van der Waals surface area contributed by atoms with Gasteiger partial charge in [-0.15, -0.1) is 0 Å². The van der Waals surface area contributed by atoms with Gasteiger partial charge in [0.05, 0.1) is 19.7 Å². The van der Waals surface area contributed by atoms with Crippen molar-refractivity contribution in [2.45, 2.75) is 39.7 Å². The van der Waals surface area contributed by atoms with Gasteiger partial charge in [-0.25, -0.2) is 4.79 Å². The molecule has 0 amide bonds. The summed E-state index contributed by atoms with van der Waals surface area (Å²) in [6.45, 7) is 6.45. The number of hydrogen-bond acceptors (Lipinski definition) is 4. The van der Waals surface area contributed by atoms with Gasteiger partial charge in [0.15, 0.2) is 0 Å². The number of likely N-dealkylation sites (tertiary alicyclic amines) is 1. The van der Waals surface area contributed by atoms with Crippen LogP contribution in [-0.4, -0.2) is 25.7 Å². The van der Waals surface area contributed by atoms with Crippen molar-refractivity contribution in [3.8, 4) is 5.75 Å². The molecule has 0 unspecified atom stereocenters. The van der Waals surface area contributed by atoms with E-state index >= 15 is 0 Å². The molecule has 5 rings (SSSR count). The largest absolute Gasteiger partial charge is 0.872 e. The highest BCUT2D eigenvalue weighted by atomic mass is 16.5. The number of quaternary nitrogens is 1. The molecule has 34 heavy (non-hydrogen) atoms. The molecular formula is C29H31NO4. The van der Waals surface area contributed by atoms with Gasteiger partial charge in [0.1, 0.15) is 23.5 Å². The van der Waals surface area contributed by atoms with Crippen LogP contribution < -0.4 is 10.0 Å². The highest BCUT2D eigenvalue weighted by Gasteiger charge is 2.28. The van der Waals surface area contributed by atoms with Crippen LogP contribution in [0.1, 0.15) is 47.0 Å². The first-order valence-electron chi connectivity index (χ1n) is 12.2. The Morgan fingerprint density at radius 2 is 1.74 bits per heavy atom. The lowest BCUT2D eigenvalue weighted by molar-refractivity contribution is -0.919. The van der Waals surface area contributed by atoms with Crippen molar-refractivity contribution >= 4 is 27.7 Å². The van der Waals surface area contributed by atoms with Crippen molar-refractivity contribution in [3.05, 3.63) is 77.0 Å². The number of furan rings is 1. The van der Waals surface area contributed by atoms with Gasteiger partial charge in [0, 0.05) is 16.3 Å². The number of fused-ring (bicyclic) bond motifs is 3. The van der Waals surface area contributed by atoms with E-state index in [-0.39, 0.29) is 12.4 Å². The summed E-state index contributed by atoms with van der Waals surface area (Å²) >= 11 is 0. The molecule has 0 atom stereocenters. The first kappa shape index (κ1) is 22.5. The normalized spacial score (nSPS) is 18.4. The van der Waals surface area contributed by atoms with E-state index in [1.165, 1.54) is 10.5 Å². The predicted octanol–water partition coefficient (Wildman–Crippen LogP) is 4.18. The minimum Gasteiger partial charge on any atom is -0.872 e. The van der Waals surface area contributed by atoms with Crippen molar-refractivity contribution < 1.29 is 24.0 Å². The fourth-order valence-electron chi connectivity index (χ4n) is 5.46. The van der Waals surface area contributed by atoms with Crippen LogP contribution in [0.25, 0.3) is 21.7 Å². The van der Waals surface area contributed by atoms with Crippen LogP contribution in [0.4, 0.5) is 0 Å². The number of carbonyl (C=O) groups excluding carboxylic acids is 1. The van der Waals surface area contributed by atoms with Gasteiger partial charge in [-0.3, -0.25) is 0 Å². The van der Waals surface area contributed by atoms with E-state index in [1.807, 2.05) is 24.3 Å². The zero-order valence-corrected chi connectivity index (χ0v) is 19.9. The number of esters is 1. The summed E-state index contributed by atoms with van der Waals surface area (Å²) in [7, 11) is 0. The van der Waals surface area contributed by atoms with Crippen LogP contribution in [0.3, 0.4) is 0 Å². The Morgan fingerprint density at radius 1 is 1.06 bits per heavy atom. The van der Waals surface area contributed by atoms with Crippen LogP contribution in [0.2, 0.25) is 0 Å². The fourth-order valence-corrected chi connectivity index (χ4v) is 5.46. The number of rotatable bonds is 6. The molecule has 1 saturated heterocycles. The van der Waals surface area contributed by atoms with Crippen molar-refractivity contribution in [2.75, 3.05) is 19.7 Å². The van der Waals surface area contributed by atoms with Gasteiger partial charge in [-0.2, -0.15) is 0 Å². The molecule has 1 N–H and O–H groups in total. The van der Waals surface area contributed by atoms with E-state index < -0.39 is 5.97 Å². The van der Waals surface area contributed by atoms with Crippen LogP contribution in [0.5, 0.6) is 5.75 Å². The van der Waals surface area contributed by atoms with Gasteiger partial charge < -0.3 is 19.2 Å². The van der Waals surface area contributed by atoms with E-state index in [1.54, 1.807) is 13.8 Å². The van der Waals surface area contributed by atoms with Crippen LogP contribution in [0.15, 0.2) is 59.0 Å². The van der Waals surface area contributed by atoms with E-state index in [0.717, 1.165) is 37.7 Å². The number of aryl methyl sites for hydroxylation is 1. The van der Waals surface area contributed by atoms with Gasteiger partial charge >= 0.3 is 5.97 Å². The summed E-state index contributed by atoms with van der Waals surface area (Å²) in [4.78, 5) is 14.2. The predicted molar refractivity (Wildman–Crippen MR) is 131 cm³/mol. The minimum absolute atomic E-state index is 0.00615. The number of ether oxygens (including phenoxy) is 1. The quantitative estimate of drug-likeness (QED) is 0.441. The summed E-state index contributed by atoms with van der Waals surface area (Å²) in [6.07, 6.45) is 3.36. The van der Waals surface area contributed by atoms with E-state index in [2.05, 4.69) is 30.3 Å². The van der Waals surface area contributed by atoms with Crippen molar-refractivity contribution in [3.63, 3.8) is 0 Å². The number of carbonyl (C=O) groups is 1. The lowest BCUT2D eigenvalue weighted by Gasteiger charge is -2.31. The Balaban J connectivity index is 1.47. The minimum atomic E-state index is -0.425. The molecule has 0 radical (unpaired) electrons. The average Bonchev–Trinajstić information content (AvgIpc) is 3.21. The molecular weight excluding hydrogens is 426 g/mol. The van der Waals surface area contributed by atoms with Crippen molar-refractivity contribution in [2.24, 2.45) is 5.92 Å². The zero-order valence-electron chi connectivity index (χ0n) is 19.9. The monoisotopic (exact) mass is 457 g/mol. The van der Waals surface area contributed by atoms with Crippen LogP contribution in [0, 0.1) is 12.8 Å². The molecule has 0 spiro atoms. The molecule has 1 aliphatic heterocycles. The van der Waals surface area contributed by atoms with Crippen molar-refractivity contribution in [1.29, 1.82) is 0 Å². The fraction of sp³-hybridized carbons (Fsp3) is 0.345. The molecule has 1 aliphatic rings. The third-order valence-corrected chi connectivity index (χ3v) is 7.16. The highest BCUT2D eigenvalue weighted by molar-refractivity contribution is 6.16. The van der Waals surface area contributed by atoms with Crippen molar-refractivity contribution in [1.82, 2.24) is 0 Å². The molecule has 0 aliphatic carbocycles. The molecule has 1 fully saturated rings. The lowest BCUT2D eigenvalue weighted by Crippen LogP contribution is -3.11. The highest BCUT2D eigenvalue weighted by Crippen LogP contribution is 2.40. The second-order valence-corrected chi connectivity index (χ2v) is 9.37. The summed E-state index contributed by atoms with van der Waals surface area (Å²) in [5.41, 5.74) is 3.07. The van der Waals surface area contributed by atoms with E-state index in [4.69, 9.17) is 9.15 Å². The van der Waals surface area contributed by atoms with Gasteiger partial charge in [-0.1, -0.05) is 60.3 Å². The second-order valence-electron chi connectivity index (χ2n) is 9.37.